The summed E-state index contributed by atoms with van der Waals surface area (Å²) in [7, 11) is 0. The van der Waals surface area contributed by atoms with Gasteiger partial charge in [-0.05, 0) is 99.1 Å². The van der Waals surface area contributed by atoms with Crippen molar-refractivity contribution in [2.75, 3.05) is 4.90 Å². The molecule has 3 heterocycles. The normalized spacial score (nSPS) is 19.4. The van der Waals surface area contributed by atoms with Gasteiger partial charge in [0.2, 0.25) is 0 Å². The van der Waals surface area contributed by atoms with E-state index in [0.29, 0.717) is 11.2 Å². The average molecular weight is 584 g/mol. The van der Waals surface area contributed by atoms with E-state index in [1.807, 2.05) is 18.3 Å². The van der Waals surface area contributed by atoms with Crippen molar-refractivity contribution < 1.29 is 4.92 Å². The lowest BCUT2D eigenvalue weighted by atomic mass is 9.94. The van der Waals surface area contributed by atoms with Crippen molar-refractivity contribution in [1.29, 1.82) is 0 Å². The maximum atomic E-state index is 11.0. The molecule has 41 heavy (non-hydrogen) atoms. The number of anilines is 1. The van der Waals surface area contributed by atoms with Crippen LogP contribution in [0.15, 0.2) is 88.8 Å². The van der Waals surface area contributed by atoms with Crippen LogP contribution in [-0.4, -0.2) is 19.6 Å². The zero-order valence-electron chi connectivity index (χ0n) is 23.2. The first-order valence-corrected chi connectivity index (χ1v) is 15.3. The van der Waals surface area contributed by atoms with Gasteiger partial charge < -0.3 is 14.8 Å². The molecule has 1 N–H and O–H groups in total. The summed E-state index contributed by atoms with van der Waals surface area (Å²) in [6.07, 6.45) is 8.22. The Bertz CT molecular complexity index is 1550. The predicted molar refractivity (Wildman–Crippen MR) is 168 cm³/mol. The molecule has 0 amide bonds. The van der Waals surface area contributed by atoms with Crippen LogP contribution in [0.2, 0.25) is 0 Å². The van der Waals surface area contributed by atoms with E-state index in [1.54, 1.807) is 23.9 Å². The highest BCUT2D eigenvalue weighted by atomic mass is 32.2. The lowest BCUT2D eigenvalue weighted by molar-refractivity contribution is -0.384. The third kappa shape index (κ3) is 5.48. The van der Waals surface area contributed by atoms with Gasteiger partial charge in [-0.15, -0.1) is 0 Å². The van der Waals surface area contributed by atoms with Gasteiger partial charge in [0.1, 0.15) is 0 Å². The van der Waals surface area contributed by atoms with Gasteiger partial charge in [-0.2, -0.15) is 0 Å². The highest BCUT2D eigenvalue weighted by molar-refractivity contribution is 7.99. The molecule has 7 nitrogen and oxygen atoms in total. The van der Waals surface area contributed by atoms with Gasteiger partial charge in [-0.1, -0.05) is 37.1 Å². The fraction of sp³-hybridized carbons (Fsp3) is 0.312. The number of aryl methyl sites for hydroxylation is 1. The molecular formula is C32H33N5O2S2. The summed E-state index contributed by atoms with van der Waals surface area (Å²) >= 11 is 7.55. The van der Waals surface area contributed by atoms with Crippen LogP contribution in [0, 0.1) is 24.0 Å². The van der Waals surface area contributed by atoms with Gasteiger partial charge in [0, 0.05) is 51.2 Å². The summed E-state index contributed by atoms with van der Waals surface area (Å²) in [6.45, 7) is 4.49. The van der Waals surface area contributed by atoms with Crippen LogP contribution < -0.4 is 10.2 Å². The van der Waals surface area contributed by atoms with Crippen LogP contribution in [0.1, 0.15) is 72.9 Å². The Balaban J connectivity index is 1.34. The van der Waals surface area contributed by atoms with E-state index >= 15 is 0 Å². The Hall–Kier alpha value is -3.69. The first kappa shape index (κ1) is 27.5. The van der Waals surface area contributed by atoms with Crippen molar-refractivity contribution in [3.05, 3.63) is 112 Å². The minimum atomic E-state index is -0.378. The van der Waals surface area contributed by atoms with Crippen LogP contribution in [-0.2, 0) is 0 Å². The highest BCUT2D eigenvalue weighted by Crippen LogP contribution is 2.45. The molecule has 1 aliphatic heterocycles. The Morgan fingerprint density at radius 2 is 1.66 bits per heavy atom. The third-order valence-corrected chi connectivity index (χ3v) is 9.61. The van der Waals surface area contributed by atoms with Gasteiger partial charge in [0.15, 0.2) is 5.11 Å². The molecule has 2 aromatic heterocycles. The summed E-state index contributed by atoms with van der Waals surface area (Å²) in [5.41, 5.74) is 5.96. The minimum absolute atomic E-state index is 0.0471. The highest BCUT2D eigenvalue weighted by Gasteiger charge is 2.42. The molecule has 0 unspecified atom stereocenters. The van der Waals surface area contributed by atoms with E-state index in [2.05, 4.69) is 65.0 Å². The molecule has 2 aromatic carbocycles. The molecule has 1 saturated carbocycles. The Morgan fingerprint density at radius 1 is 0.976 bits per heavy atom. The Morgan fingerprint density at radius 3 is 2.29 bits per heavy atom. The maximum absolute atomic E-state index is 11.0. The van der Waals surface area contributed by atoms with E-state index in [0.717, 1.165) is 21.2 Å². The lowest BCUT2D eigenvalue weighted by Crippen LogP contribution is -2.29. The number of nitrogens with zero attached hydrogens (tertiary/aromatic N) is 4. The van der Waals surface area contributed by atoms with E-state index in [-0.39, 0.29) is 22.7 Å². The van der Waals surface area contributed by atoms with Crippen molar-refractivity contribution in [1.82, 2.24) is 14.9 Å². The molecule has 1 saturated heterocycles. The fourth-order valence-electron chi connectivity index (χ4n) is 6.40. The van der Waals surface area contributed by atoms with Gasteiger partial charge in [-0.3, -0.25) is 15.1 Å². The summed E-state index contributed by atoms with van der Waals surface area (Å²) in [5.74, 6) is 0. The second-order valence-corrected chi connectivity index (χ2v) is 12.4. The first-order valence-electron chi connectivity index (χ1n) is 14.1. The summed E-state index contributed by atoms with van der Waals surface area (Å²) < 4.78 is 2.56. The standard InChI is InChI=1S/C32H33N5O2S2/c1-21-20-28(22(2)35(21)23-8-4-3-5-9-23)31-30(29-10-6-7-19-33-29)34-32(40)36(31)24-11-15-26(16-12-24)41-27-17-13-25(14-18-27)37(38)39/h6-7,10-20,23,30-31H,3-5,8-9H2,1-2H3,(H,34,40)/t30-,31+/m1/s1. The van der Waals surface area contributed by atoms with Gasteiger partial charge in [0.05, 0.1) is 22.7 Å². The summed E-state index contributed by atoms with van der Waals surface area (Å²) in [5, 5.41) is 15.3. The number of nitro groups is 1. The van der Waals surface area contributed by atoms with E-state index in [1.165, 1.54) is 61.2 Å². The van der Waals surface area contributed by atoms with Gasteiger partial charge in [-0.25, -0.2) is 0 Å². The molecule has 4 aromatic rings. The van der Waals surface area contributed by atoms with Crippen LogP contribution in [0.5, 0.6) is 0 Å². The molecular weight excluding hydrogens is 551 g/mol. The molecule has 0 spiro atoms. The second kappa shape index (κ2) is 11.7. The number of hydrogen-bond acceptors (Lipinski definition) is 5. The number of aromatic nitrogens is 2. The number of nitro benzene ring substituents is 1. The number of rotatable bonds is 7. The van der Waals surface area contributed by atoms with Crippen molar-refractivity contribution in [3.63, 3.8) is 0 Å². The molecule has 1 aliphatic carbocycles. The number of non-ortho nitro benzene ring substituents is 1. The number of pyridine rings is 1. The quantitative estimate of drug-likeness (QED) is 0.133. The monoisotopic (exact) mass is 583 g/mol. The predicted octanol–water partition coefficient (Wildman–Crippen LogP) is 8.24. The molecule has 0 bridgehead atoms. The Kier molecular flexibility index (Phi) is 7.81. The molecule has 2 atom stereocenters. The van der Waals surface area contributed by atoms with Crippen LogP contribution in [0.3, 0.4) is 0 Å². The second-order valence-electron chi connectivity index (χ2n) is 10.8. The molecule has 0 radical (unpaired) electrons. The number of benzene rings is 2. The van der Waals surface area contributed by atoms with E-state index in [9.17, 15) is 10.1 Å². The molecule has 9 heteroatoms. The topological polar surface area (TPSA) is 76.2 Å². The van der Waals surface area contributed by atoms with Gasteiger partial charge >= 0.3 is 0 Å². The SMILES string of the molecule is Cc1cc([C@H]2[C@@H](c3ccccn3)NC(=S)N2c2ccc(Sc3ccc([N+](=O)[O-])cc3)cc2)c(C)n1C1CCCCC1. The van der Waals surface area contributed by atoms with E-state index < -0.39 is 0 Å². The summed E-state index contributed by atoms with van der Waals surface area (Å²) in [4.78, 5) is 19.6. The zero-order valence-corrected chi connectivity index (χ0v) is 24.8. The van der Waals surface area contributed by atoms with Crippen molar-refractivity contribution in [2.45, 2.75) is 73.9 Å². The van der Waals surface area contributed by atoms with Crippen LogP contribution >= 0.6 is 24.0 Å². The largest absolute Gasteiger partial charge is 0.351 e. The maximum Gasteiger partial charge on any atom is 0.269 e. The minimum Gasteiger partial charge on any atom is -0.351 e. The number of thiocarbonyl (C=S) groups is 1. The summed E-state index contributed by atoms with van der Waals surface area (Å²) in [6, 6.07) is 23.8. The van der Waals surface area contributed by atoms with Crippen molar-refractivity contribution >= 4 is 40.5 Å². The first-order chi connectivity index (χ1) is 19.9. The third-order valence-electron chi connectivity index (χ3n) is 8.28. The molecule has 210 valence electrons. The molecule has 2 fully saturated rings. The lowest BCUT2D eigenvalue weighted by Gasteiger charge is -2.30. The van der Waals surface area contributed by atoms with Gasteiger partial charge in [0.25, 0.3) is 5.69 Å². The van der Waals surface area contributed by atoms with Crippen LogP contribution in [0.25, 0.3) is 0 Å². The Labute approximate surface area is 250 Å². The fourth-order valence-corrected chi connectivity index (χ4v) is 7.56. The molecule has 6 rings (SSSR count). The molecule has 2 aliphatic rings. The van der Waals surface area contributed by atoms with E-state index in [4.69, 9.17) is 17.2 Å². The number of nitrogens with one attached hydrogen (secondary N) is 1. The van der Waals surface area contributed by atoms with Crippen LogP contribution in [0.4, 0.5) is 11.4 Å². The smallest absolute Gasteiger partial charge is 0.269 e. The average Bonchev–Trinajstić information content (AvgIpc) is 3.49. The van der Waals surface area contributed by atoms with Crippen molar-refractivity contribution in [2.24, 2.45) is 0 Å². The number of hydrogen-bond donors (Lipinski definition) is 1. The zero-order chi connectivity index (χ0) is 28.5. The van der Waals surface area contributed by atoms with Crippen molar-refractivity contribution in [3.8, 4) is 0 Å².